The highest BCUT2D eigenvalue weighted by Crippen LogP contribution is 2.25. The zero-order valence-electron chi connectivity index (χ0n) is 11.8. The molecule has 1 atom stereocenters. The Labute approximate surface area is 114 Å². The van der Waals surface area contributed by atoms with Gasteiger partial charge in [0.2, 0.25) is 5.89 Å². The summed E-state index contributed by atoms with van der Waals surface area (Å²) in [5.74, 6) is 0.723. The molecule has 0 amide bonds. The highest BCUT2D eigenvalue weighted by molar-refractivity contribution is 5.26. The maximum absolute atomic E-state index is 5.83. The van der Waals surface area contributed by atoms with Crippen molar-refractivity contribution < 1.29 is 4.42 Å². The van der Waals surface area contributed by atoms with Crippen molar-refractivity contribution in [1.82, 2.24) is 15.5 Å². The molecule has 2 fully saturated rings. The van der Waals surface area contributed by atoms with Crippen LogP contribution in [0, 0.1) is 0 Å². The van der Waals surface area contributed by atoms with Crippen LogP contribution in [-0.4, -0.2) is 28.8 Å². The second-order valence-electron chi connectivity index (χ2n) is 5.74. The predicted octanol–water partition coefficient (Wildman–Crippen LogP) is 2.48. The number of hydrogen-bond donors (Lipinski definition) is 1. The molecule has 1 N–H and O–H groups in total. The van der Waals surface area contributed by atoms with Crippen LogP contribution in [0.2, 0.25) is 0 Å². The van der Waals surface area contributed by atoms with E-state index in [9.17, 15) is 0 Å². The summed E-state index contributed by atoms with van der Waals surface area (Å²) in [6.07, 6.45) is 8.83. The first-order valence-electron chi connectivity index (χ1n) is 7.69. The van der Waals surface area contributed by atoms with Gasteiger partial charge in [-0.1, -0.05) is 24.9 Å². The standard InChI is InChI=1S/C14H24N4O/c1-2-12-6-4-3-5-9-18(12)14-17-16-13(19-14)10-15-11-7-8-11/h11-12,15H,2-10H2,1H3. The molecule has 1 unspecified atom stereocenters. The Morgan fingerprint density at radius 3 is 2.89 bits per heavy atom. The zero-order valence-corrected chi connectivity index (χ0v) is 11.8. The second kappa shape index (κ2) is 5.90. The van der Waals surface area contributed by atoms with Gasteiger partial charge in [-0.25, -0.2) is 0 Å². The fraction of sp³-hybridized carbons (Fsp3) is 0.857. The monoisotopic (exact) mass is 264 g/mol. The quantitative estimate of drug-likeness (QED) is 0.885. The van der Waals surface area contributed by atoms with Gasteiger partial charge in [0.15, 0.2) is 0 Å². The minimum Gasteiger partial charge on any atom is -0.407 e. The lowest BCUT2D eigenvalue weighted by Crippen LogP contribution is -2.34. The second-order valence-corrected chi connectivity index (χ2v) is 5.74. The molecule has 1 saturated carbocycles. The molecule has 1 aromatic rings. The summed E-state index contributed by atoms with van der Waals surface area (Å²) >= 11 is 0. The minimum absolute atomic E-state index is 0.562. The van der Waals surface area contributed by atoms with Crippen molar-refractivity contribution in [3.63, 3.8) is 0 Å². The van der Waals surface area contributed by atoms with Crippen LogP contribution in [0.25, 0.3) is 0 Å². The van der Waals surface area contributed by atoms with E-state index in [2.05, 4.69) is 27.3 Å². The van der Waals surface area contributed by atoms with Gasteiger partial charge in [-0.15, -0.1) is 5.10 Å². The van der Waals surface area contributed by atoms with Crippen molar-refractivity contribution in [2.24, 2.45) is 0 Å². The van der Waals surface area contributed by atoms with E-state index in [4.69, 9.17) is 4.42 Å². The topological polar surface area (TPSA) is 54.2 Å². The van der Waals surface area contributed by atoms with Crippen LogP contribution in [0.5, 0.6) is 0 Å². The Bertz CT molecular complexity index is 402. The number of rotatable bonds is 5. The number of aromatic nitrogens is 2. The third-order valence-corrected chi connectivity index (χ3v) is 4.17. The van der Waals surface area contributed by atoms with Gasteiger partial charge in [-0.05, 0) is 32.1 Å². The smallest absolute Gasteiger partial charge is 0.318 e. The Morgan fingerprint density at radius 1 is 1.21 bits per heavy atom. The molecule has 0 bridgehead atoms. The van der Waals surface area contributed by atoms with Gasteiger partial charge in [0.05, 0.1) is 6.54 Å². The van der Waals surface area contributed by atoms with Crippen molar-refractivity contribution in [2.45, 2.75) is 70.5 Å². The molecule has 1 aliphatic heterocycles. The largest absolute Gasteiger partial charge is 0.407 e. The fourth-order valence-corrected chi connectivity index (χ4v) is 2.80. The summed E-state index contributed by atoms with van der Waals surface area (Å²) in [7, 11) is 0. The van der Waals surface area contributed by atoms with Crippen molar-refractivity contribution in [3.8, 4) is 0 Å². The highest BCUT2D eigenvalue weighted by atomic mass is 16.4. The maximum atomic E-state index is 5.83. The Hall–Kier alpha value is -1.10. The van der Waals surface area contributed by atoms with E-state index in [1.807, 2.05) is 0 Å². The molecule has 0 radical (unpaired) electrons. The third kappa shape index (κ3) is 3.26. The van der Waals surface area contributed by atoms with Crippen molar-refractivity contribution >= 4 is 6.01 Å². The van der Waals surface area contributed by atoms with Crippen LogP contribution in [-0.2, 0) is 6.54 Å². The summed E-state index contributed by atoms with van der Waals surface area (Å²) < 4.78 is 5.83. The number of anilines is 1. The van der Waals surface area contributed by atoms with Gasteiger partial charge in [0.25, 0.3) is 0 Å². The molecule has 0 spiro atoms. The lowest BCUT2D eigenvalue weighted by molar-refractivity contribution is 0.438. The third-order valence-electron chi connectivity index (χ3n) is 4.17. The first-order valence-corrected chi connectivity index (χ1v) is 7.69. The van der Waals surface area contributed by atoms with Gasteiger partial charge in [-0.2, -0.15) is 0 Å². The van der Waals surface area contributed by atoms with E-state index in [-0.39, 0.29) is 0 Å². The molecule has 5 nitrogen and oxygen atoms in total. The summed E-state index contributed by atoms with van der Waals surface area (Å²) in [6, 6.07) is 1.96. The first-order chi connectivity index (χ1) is 9.36. The lowest BCUT2D eigenvalue weighted by Gasteiger charge is -2.26. The average Bonchev–Trinajstić information content (AvgIpc) is 3.19. The van der Waals surface area contributed by atoms with Crippen LogP contribution < -0.4 is 10.2 Å². The van der Waals surface area contributed by atoms with Crippen LogP contribution in [0.4, 0.5) is 6.01 Å². The van der Waals surface area contributed by atoms with E-state index < -0.39 is 0 Å². The molecule has 1 aromatic heterocycles. The van der Waals surface area contributed by atoms with Crippen molar-refractivity contribution in [1.29, 1.82) is 0 Å². The molecule has 5 heteroatoms. The zero-order chi connectivity index (χ0) is 13.1. The molecule has 1 saturated heterocycles. The maximum Gasteiger partial charge on any atom is 0.318 e. The molecule has 19 heavy (non-hydrogen) atoms. The molecule has 3 rings (SSSR count). The lowest BCUT2D eigenvalue weighted by atomic mass is 10.1. The van der Waals surface area contributed by atoms with E-state index >= 15 is 0 Å². The van der Waals surface area contributed by atoms with Gasteiger partial charge in [-0.3, -0.25) is 0 Å². The molecular formula is C14H24N4O. The normalized spacial score (nSPS) is 24.5. The van der Waals surface area contributed by atoms with E-state index in [1.165, 1.54) is 38.5 Å². The predicted molar refractivity (Wildman–Crippen MR) is 74.1 cm³/mol. The van der Waals surface area contributed by atoms with Gasteiger partial charge in [0, 0.05) is 18.6 Å². The van der Waals surface area contributed by atoms with Crippen LogP contribution >= 0.6 is 0 Å². The molecular weight excluding hydrogens is 240 g/mol. The molecule has 2 heterocycles. The van der Waals surface area contributed by atoms with Gasteiger partial charge < -0.3 is 14.6 Å². The summed E-state index contributed by atoms with van der Waals surface area (Å²) in [4.78, 5) is 2.32. The molecule has 1 aliphatic carbocycles. The van der Waals surface area contributed by atoms with Crippen LogP contribution in [0.3, 0.4) is 0 Å². The summed E-state index contributed by atoms with van der Waals surface area (Å²) in [6.45, 7) is 4.01. The number of nitrogens with zero attached hydrogens (tertiary/aromatic N) is 3. The van der Waals surface area contributed by atoms with E-state index in [1.54, 1.807) is 0 Å². The Balaban J connectivity index is 1.64. The van der Waals surface area contributed by atoms with Crippen LogP contribution in [0.1, 0.15) is 57.8 Å². The van der Waals surface area contributed by atoms with E-state index in [0.717, 1.165) is 24.9 Å². The van der Waals surface area contributed by atoms with E-state index in [0.29, 0.717) is 18.6 Å². The summed E-state index contributed by atoms with van der Waals surface area (Å²) in [5, 5.41) is 11.8. The summed E-state index contributed by atoms with van der Waals surface area (Å²) in [5.41, 5.74) is 0. The Kier molecular flexibility index (Phi) is 4.01. The SMILES string of the molecule is CCC1CCCCCN1c1nnc(CNC2CC2)o1. The van der Waals surface area contributed by atoms with Crippen LogP contribution in [0.15, 0.2) is 4.42 Å². The molecule has 0 aromatic carbocycles. The Morgan fingerprint density at radius 2 is 2.11 bits per heavy atom. The average molecular weight is 264 g/mol. The highest BCUT2D eigenvalue weighted by Gasteiger charge is 2.25. The minimum atomic E-state index is 0.562. The number of hydrogen-bond acceptors (Lipinski definition) is 5. The fourth-order valence-electron chi connectivity index (χ4n) is 2.80. The van der Waals surface area contributed by atoms with Crippen molar-refractivity contribution in [3.05, 3.63) is 5.89 Å². The molecule has 106 valence electrons. The number of nitrogens with one attached hydrogen (secondary N) is 1. The van der Waals surface area contributed by atoms with Gasteiger partial charge in [0.1, 0.15) is 0 Å². The van der Waals surface area contributed by atoms with Gasteiger partial charge >= 0.3 is 6.01 Å². The van der Waals surface area contributed by atoms with Crippen molar-refractivity contribution in [2.75, 3.05) is 11.4 Å². The first kappa shape index (κ1) is 12.9. The molecule has 2 aliphatic rings.